The summed E-state index contributed by atoms with van der Waals surface area (Å²) >= 11 is 0. The maximum atomic E-state index is 5.72. The van der Waals surface area contributed by atoms with Crippen molar-refractivity contribution in [3.8, 4) is 0 Å². The molecule has 0 aromatic heterocycles. The number of nitrogens with two attached hydrogens (primary N) is 2. The molecule has 0 aliphatic rings. The van der Waals surface area contributed by atoms with E-state index >= 15 is 0 Å². The molecule has 0 spiro atoms. The van der Waals surface area contributed by atoms with Gasteiger partial charge in [-0.05, 0) is 37.4 Å². The van der Waals surface area contributed by atoms with E-state index in [-0.39, 0.29) is 6.04 Å². The van der Waals surface area contributed by atoms with E-state index in [0.717, 1.165) is 12.8 Å². The van der Waals surface area contributed by atoms with Crippen LogP contribution < -0.4 is 11.5 Å². The van der Waals surface area contributed by atoms with Gasteiger partial charge in [-0.15, -0.1) is 0 Å². The molecule has 0 saturated heterocycles. The van der Waals surface area contributed by atoms with Gasteiger partial charge < -0.3 is 11.5 Å². The Labute approximate surface area is 79.9 Å². The summed E-state index contributed by atoms with van der Waals surface area (Å²) in [6.07, 6.45) is 1.89. The molecule has 0 aliphatic heterocycles. The van der Waals surface area contributed by atoms with Gasteiger partial charge >= 0.3 is 0 Å². The van der Waals surface area contributed by atoms with E-state index in [1.807, 2.05) is 6.92 Å². The van der Waals surface area contributed by atoms with E-state index in [9.17, 15) is 0 Å². The summed E-state index contributed by atoms with van der Waals surface area (Å²) < 4.78 is 0. The molecule has 13 heavy (non-hydrogen) atoms. The Bertz CT molecular complexity index is 256. The van der Waals surface area contributed by atoms with Gasteiger partial charge in [0.15, 0.2) is 0 Å². The molecule has 2 nitrogen and oxygen atoms in total. The lowest BCUT2D eigenvalue weighted by molar-refractivity contribution is 0.737. The second-order valence-corrected chi connectivity index (χ2v) is 3.54. The smallest absolute Gasteiger partial charge is 0.00509 e. The van der Waals surface area contributed by atoms with Crippen LogP contribution in [0.15, 0.2) is 24.3 Å². The second-order valence-electron chi connectivity index (χ2n) is 3.54. The fourth-order valence-electron chi connectivity index (χ4n) is 1.45. The van der Waals surface area contributed by atoms with Gasteiger partial charge in [0.05, 0.1) is 0 Å². The van der Waals surface area contributed by atoms with Crippen LogP contribution in [0.3, 0.4) is 0 Å². The van der Waals surface area contributed by atoms with E-state index in [1.165, 1.54) is 11.1 Å². The van der Waals surface area contributed by atoms with Crippen molar-refractivity contribution >= 4 is 0 Å². The highest BCUT2D eigenvalue weighted by Gasteiger charge is 1.98. The monoisotopic (exact) mass is 178 g/mol. The van der Waals surface area contributed by atoms with Crippen LogP contribution in [0.25, 0.3) is 0 Å². The minimum atomic E-state index is 0.230. The Morgan fingerprint density at radius 1 is 1.31 bits per heavy atom. The SMILES string of the molecule is CC(N)Cc1cccc(CCN)c1. The van der Waals surface area contributed by atoms with Crippen LogP contribution in [-0.2, 0) is 12.8 Å². The highest BCUT2D eigenvalue weighted by atomic mass is 14.6. The largest absolute Gasteiger partial charge is 0.330 e. The molecule has 4 N–H and O–H groups in total. The molecule has 0 fully saturated rings. The minimum Gasteiger partial charge on any atom is -0.330 e. The summed E-state index contributed by atoms with van der Waals surface area (Å²) in [4.78, 5) is 0. The first kappa shape index (κ1) is 10.2. The lowest BCUT2D eigenvalue weighted by Gasteiger charge is -2.06. The van der Waals surface area contributed by atoms with Gasteiger partial charge in [-0.2, -0.15) is 0 Å². The first-order valence-corrected chi connectivity index (χ1v) is 4.76. The Morgan fingerprint density at radius 2 is 2.00 bits per heavy atom. The zero-order valence-electron chi connectivity index (χ0n) is 8.16. The molecule has 2 heteroatoms. The van der Waals surface area contributed by atoms with E-state index in [2.05, 4.69) is 24.3 Å². The number of rotatable bonds is 4. The maximum absolute atomic E-state index is 5.72. The van der Waals surface area contributed by atoms with Crippen LogP contribution in [0, 0.1) is 0 Å². The minimum absolute atomic E-state index is 0.230. The number of hydrogen-bond acceptors (Lipinski definition) is 2. The quantitative estimate of drug-likeness (QED) is 0.725. The van der Waals surface area contributed by atoms with Gasteiger partial charge in [0, 0.05) is 6.04 Å². The Kier molecular flexibility index (Phi) is 3.93. The normalized spacial score (nSPS) is 12.8. The summed E-state index contributed by atoms with van der Waals surface area (Å²) in [7, 11) is 0. The lowest BCUT2D eigenvalue weighted by atomic mass is 10.0. The second kappa shape index (κ2) is 5.00. The summed E-state index contributed by atoms with van der Waals surface area (Å²) in [6, 6.07) is 8.72. The Hall–Kier alpha value is -0.860. The summed E-state index contributed by atoms with van der Waals surface area (Å²) in [6.45, 7) is 2.73. The molecule has 0 saturated carbocycles. The van der Waals surface area contributed by atoms with Gasteiger partial charge in [-0.3, -0.25) is 0 Å². The molecule has 0 aliphatic carbocycles. The molecule has 1 aromatic carbocycles. The van der Waals surface area contributed by atoms with Gasteiger partial charge in [0.1, 0.15) is 0 Å². The zero-order chi connectivity index (χ0) is 9.68. The zero-order valence-corrected chi connectivity index (χ0v) is 8.16. The van der Waals surface area contributed by atoms with Gasteiger partial charge in [-0.1, -0.05) is 24.3 Å². The molecular formula is C11H18N2. The first-order valence-electron chi connectivity index (χ1n) is 4.76. The molecule has 0 bridgehead atoms. The Morgan fingerprint density at radius 3 is 2.62 bits per heavy atom. The van der Waals surface area contributed by atoms with Gasteiger partial charge in [-0.25, -0.2) is 0 Å². The van der Waals surface area contributed by atoms with E-state index in [0.29, 0.717) is 6.54 Å². The van der Waals surface area contributed by atoms with Crippen LogP contribution in [0.1, 0.15) is 18.1 Å². The first-order chi connectivity index (χ1) is 6.22. The third-order valence-corrected chi connectivity index (χ3v) is 1.98. The maximum Gasteiger partial charge on any atom is 0.00509 e. The standard InChI is InChI=1S/C11H18N2/c1-9(13)7-11-4-2-3-10(8-11)5-6-12/h2-4,8-9H,5-7,12-13H2,1H3. The van der Waals surface area contributed by atoms with Crippen molar-refractivity contribution in [2.75, 3.05) is 6.54 Å². The van der Waals surface area contributed by atoms with Crippen LogP contribution in [0.5, 0.6) is 0 Å². The van der Waals surface area contributed by atoms with Crippen molar-refractivity contribution in [2.45, 2.75) is 25.8 Å². The third kappa shape index (κ3) is 3.57. The average Bonchev–Trinajstić information content (AvgIpc) is 2.04. The van der Waals surface area contributed by atoms with E-state index in [4.69, 9.17) is 11.5 Å². The predicted molar refractivity (Wildman–Crippen MR) is 56.6 cm³/mol. The van der Waals surface area contributed by atoms with Crippen molar-refractivity contribution in [1.29, 1.82) is 0 Å². The molecule has 72 valence electrons. The van der Waals surface area contributed by atoms with Crippen LogP contribution in [0.2, 0.25) is 0 Å². The van der Waals surface area contributed by atoms with Crippen LogP contribution in [-0.4, -0.2) is 12.6 Å². The molecule has 0 amide bonds. The van der Waals surface area contributed by atoms with Gasteiger partial charge in [0.25, 0.3) is 0 Å². The molecule has 0 heterocycles. The van der Waals surface area contributed by atoms with E-state index in [1.54, 1.807) is 0 Å². The van der Waals surface area contributed by atoms with Crippen molar-refractivity contribution < 1.29 is 0 Å². The average molecular weight is 178 g/mol. The summed E-state index contributed by atoms with van der Waals surface area (Å²) in [5.74, 6) is 0. The fourth-order valence-corrected chi connectivity index (χ4v) is 1.45. The third-order valence-electron chi connectivity index (χ3n) is 1.98. The number of benzene rings is 1. The molecule has 0 radical (unpaired) electrons. The van der Waals surface area contributed by atoms with Crippen molar-refractivity contribution in [3.05, 3.63) is 35.4 Å². The highest BCUT2D eigenvalue weighted by molar-refractivity contribution is 5.24. The van der Waals surface area contributed by atoms with E-state index < -0.39 is 0 Å². The molecule has 1 rings (SSSR count). The van der Waals surface area contributed by atoms with Crippen LogP contribution in [0.4, 0.5) is 0 Å². The van der Waals surface area contributed by atoms with Crippen molar-refractivity contribution in [2.24, 2.45) is 11.5 Å². The fraction of sp³-hybridized carbons (Fsp3) is 0.455. The van der Waals surface area contributed by atoms with Crippen molar-refractivity contribution in [3.63, 3.8) is 0 Å². The topological polar surface area (TPSA) is 52.0 Å². The molecule has 1 atom stereocenters. The van der Waals surface area contributed by atoms with Gasteiger partial charge in [0.2, 0.25) is 0 Å². The number of hydrogen-bond donors (Lipinski definition) is 2. The Balaban J connectivity index is 2.67. The predicted octanol–water partition coefficient (Wildman–Crippen LogP) is 1.08. The molecular weight excluding hydrogens is 160 g/mol. The highest BCUT2D eigenvalue weighted by Crippen LogP contribution is 2.07. The molecule has 1 aromatic rings. The summed E-state index contributed by atoms with van der Waals surface area (Å²) in [5.41, 5.74) is 13.8. The molecule has 1 unspecified atom stereocenters. The lowest BCUT2D eigenvalue weighted by Crippen LogP contribution is -2.17. The van der Waals surface area contributed by atoms with Crippen molar-refractivity contribution in [1.82, 2.24) is 0 Å². The summed E-state index contributed by atoms with van der Waals surface area (Å²) in [5, 5.41) is 0. The van der Waals surface area contributed by atoms with Crippen LogP contribution >= 0.6 is 0 Å².